The van der Waals surface area contributed by atoms with Gasteiger partial charge in [-0.2, -0.15) is 0 Å². The number of hydrogen-bond donors (Lipinski definition) is 0. The van der Waals surface area contributed by atoms with Crippen LogP contribution in [-0.2, 0) is 11.3 Å². The van der Waals surface area contributed by atoms with Crippen LogP contribution in [0.4, 0.5) is 0 Å². The predicted octanol–water partition coefficient (Wildman–Crippen LogP) is 3.62. The number of nitrogens with zero attached hydrogens (tertiary/aromatic N) is 1. The molecule has 1 heterocycles. The molecule has 114 valence electrons. The highest BCUT2D eigenvalue weighted by Gasteiger charge is 2.37. The number of carbonyl (C=O) groups excluding carboxylic acids is 1. The van der Waals surface area contributed by atoms with E-state index in [4.69, 9.17) is 4.74 Å². The number of methoxy groups -OCH3 is 1. The maximum Gasteiger partial charge on any atom is 0.226 e. The van der Waals surface area contributed by atoms with Gasteiger partial charge in [0.05, 0.1) is 7.11 Å². The predicted molar refractivity (Wildman–Crippen MR) is 83.1 cm³/mol. The first kappa shape index (κ1) is 14.4. The molecule has 1 unspecified atom stereocenters. The summed E-state index contributed by atoms with van der Waals surface area (Å²) < 4.78 is 5.18. The van der Waals surface area contributed by atoms with Crippen LogP contribution >= 0.6 is 0 Å². The number of amides is 1. The van der Waals surface area contributed by atoms with Crippen molar-refractivity contribution in [1.82, 2.24) is 4.90 Å². The van der Waals surface area contributed by atoms with Crippen molar-refractivity contribution in [3.8, 4) is 5.75 Å². The SMILES string of the molecule is COc1ccc(CN2CCC(C3CCCCC3)C2=O)cc1. The van der Waals surface area contributed by atoms with E-state index in [1.165, 1.54) is 37.7 Å². The van der Waals surface area contributed by atoms with E-state index in [-0.39, 0.29) is 0 Å². The van der Waals surface area contributed by atoms with Gasteiger partial charge < -0.3 is 9.64 Å². The zero-order chi connectivity index (χ0) is 14.7. The minimum absolute atomic E-state index is 0.295. The van der Waals surface area contributed by atoms with Crippen LogP contribution in [0.2, 0.25) is 0 Å². The van der Waals surface area contributed by atoms with Crippen LogP contribution in [0.25, 0.3) is 0 Å². The van der Waals surface area contributed by atoms with E-state index < -0.39 is 0 Å². The van der Waals surface area contributed by atoms with Crippen LogP contribution in [0.1, 0.15) is 44.1 Å². The average molecular weight is 287 g/mol. The second kappa shape index (κ2) is 6.50. The molecule has 1 aromatic carbocycles. The van der Waals surface area contributed by atoms with E-state index in [0.29, 0.717) is 17.7 Å². The molecule has 3 nitrogen and oxygen atoms in total. The van der Waals surface area contributed by atoms with Crippen molar-refractivity contribution in [2.24, 2.45) is 11.8 Å². The molecule has 1 saturated carbocycles. The molecule has 2 aliphatic rings. The van der Waals surface area contributed by atoms with Crippen molar-refractivity contribution in [2.75, 3.05) is 13.7 Å². The Morgan fingerprint density at radius 2 is 1.81 bits per heavy atom. The zero-order valence-corrected chi connectivity index (χ0v) is 12.9. The van der Waals surface area contributed by atoms with Crippen LogP contribution in [0.5, 0.6) is 5.75 Å². The first-order valence-electron chi connectivity index (χ1n) is 8.19. The molecule has 1 aliphatic carbocycles. The van der Waals surface area contributed by atoms with Crippen LogP contribution < -0.4 is 4.74 Å². The van der Waals surface area contributed by atoms with Crippen LogP contribution in [0.15, 0.2) is 24.3 Å². The van der Waals surface area contributed by atoms with Crippen molar-refractivity contribution in [1.29, 1.82) is 0 Å². The Morgan fingerprint density at radius 1 is 1.10 bits per heavy atom. The third kappa shape index (κ3) is 3.22. The Kier molecular flexibility index (Phi) is 4.47. The first-order valence-corrected chi connectivity index (χ1v) is 8.19. The van der Waals surface area contributed by atoms with Crippen molar-refractivity contribution in [3.63, 3.8) is 0 Å². The van der Waals surface area contributed by atoms with Gasteiger partial charge in [0.15, 0.2) is 0 Å². The van der Waals surface area contributed by atoms with Gasteiger partial charge in [0, 0.05) is 19.0 Å². The monoisotopic (exact) mass is 287 g/mol. The van der Waals surface area contributed by atoms with Crippen LogP contribution in [-0.4, -0.2) is 24.5 Å². The standard InChI is InChI=1S/C18H25NO2/c1-21-16-9-7-14(8-10-16)13-19-12-11-17(18(19)20)15-5-3-2-4-6-15/h7-10,15,17H,2-6,11-13H2,1H3. The summed E-state index contributed by atoms with van der Waals surface area (Å²) in [6.45, 7) is 1.66. The number of carbonyl (C=O) groups is 1. The Morgan fingerprint density at radius 3 is 2.48 bits per heavy atom. The summed E-state index contributed by atoms with van der Waals surface area (Å²) in [4.78, 5) is 14.7. The fourth-order valence-electron chi connectivity index (χ4n) is 3.85. The Hall–Kier alpha value is -1.51. The largest absolute Gasteiger partial charge is 0.497 e. The van der Waals surface area contributed by atoms with E-state index in [9.17, 15) is 4.79 Å². The molecule has 21 heavy (non-hydrogen) atoms. The van der Waals surface area contributed by atoms with Gasteiger partial charge in [-0.15, -0.1) is 0 Å². The van der Waals surface area contributed by atoms with E-state index >= 15 is 0 Å². The Bertz CT molecular complexity index is 476. The minimum atomic E-state index is 0.295. The maximum absolute atomic E-state index is 12.6. The lowest BCUT2D eigenvalue weighted by molar-refractivity contribution is -0.133. The summed E-state index contributed by atoms with van der Waals surface area (Å²) in [7, 11) is 1.67. The van der Waals surface area contributed by atoms with Gasteiger partial charge in [0.2, 0.25) is 5.91 Å². The van der Waals surface area contributed by atoms with E-state index in [1.54, 1.807) is 7.11 Å². The van der Waals surface area contributed by atoms with E-state index in [0.717, 1.165) is 25.3 Å². The van der Waals surface area contributed by atoms with E-state index in [1.807, 2.05) is 17.0 Å². The molecule has 3 rings (SSSR count). The molecule has 1 aromatic rings. The minimum Gasteiger partial charge on any atom is -0.497 e. The summed E-state index contributed by atoms with van der Waals surface area (Å²) >= 11 is 0. The molecule has 1 amide bonds. The second-order valence-corrected chi connectivity index (χ2v) is 6.40. The fourth-order valence-corrected chi connectivity index (χ4v) is 3.85. The fraction of sp³-hybridized carbons (Fsp3) is 0.611. The number of rotatable bonds is 4. The highest BCUT2D eigenvalue weighted by atomic mass is 16.5. The van der Waals surface area contributed by atoms with Crippen molar-refractivity contribution < 1.29 is 9.53 Å². The van der Waals surface area contributed by atoms with Gasteiger partial charge in [-0.25, -0.2) is 0 Å². The third-order valence-corrected chi connectivity index (χ3v) is 5.09. The normalized spacial score (nSPS) is 23.6. The summed E-state index contributed by atoms with van der Waals surface area (Å²) in [5, 5.41) is 0. The summed E-state index contributed by atoms with van der Waals surface area (Å²) in [6.07, 6.45) is 7.55. The Labute approximate surface area is 127 Å². The van der Waals surface area contributed by atoms with Gasteiger partial charge in [0.25, 0.3) is 0 Å². The molecular formula is C18H25NO2. The molecule has 1 saturated heterocycles. The van der Waals surface area contributed by atoms with Crippen molar-refractivity contribution in [3.05, 3.63) is 29.8 Å². The van der Waals surface area contributed by atoms with Crippen LogP contribution in [0, 0.1) is 11.8 Å². The Balaban J connectivity index is 1.60. The van der Waals surface area contributed by atoms with Gasteiger partial charge in [-0.1, -0.05) is 31.4 Å². The maximum atomic E-state index is 12.6. The van der Waals surface area contributed by atoms with Crippen LogP contribution in [0.3, 0.4) is 0 Å². The quantitative estimate of drug-likeness (QED) is 0.846. The molecule has 0 spiro atoms. The van der Waals surface area contributed by atoms with Crippen molar-refractivity contribution >= 4 is 5.91 Å². The third-order valence-electron chi connectivity index (χ3n) is 5.09. The molecule has 0 aromatic heterocycles. The molecule has 3 heteroatoms. The number of likely N-dealkylation sites (tertiary alicyclic amines) is 1. The summed E-state index contributed by atoms with van der Waals surface area (Å²) in [5.74, 6) is 2.19. The lowest BCUT2D eigenvalue weighted by atomic mass is 9.79. The average Bonchev–Trinajstić information content (AvgIpc) is 2.90. The number of hydrogen-bond acceptors (Lipinski definition) is 2. The van der Waals surface area contributed by atoms with E-state index in [2.05, 4.69) is 12.1 Å². The zero-order valence-electron chi connectivity index (χ0n) is 12.9. The highest BCUT2D eigenvalue weighted by molar-refractivity contribution is 5.81. The topological polar surface area (TPSA) is 29.5 Å². The second-order valence-electron chi connectivity index (χ2n) is 6.40. The van der Waals surface area contributed by atoms with Gasteiger partial charge in [-0.3, -0.25) is 4.79 Å². The summed E-state index contributed by atoms with van der Waals surface area (Å²) in [5.41, 5.74) is 1.19. The highest BCUT2D eigenvalue weighted by Crippen LogP contribution is 2.36. The number of ether oxygens (including phenoxy) is 1. The molecule has 2 fully saturated rings. The lowest BCUT2D eigenvalue weighted by Crippen LogP contribution is -2.30. The molecule has 0 N–H and O–H groups in total. The molecule has 1 aliphatic heterocycles. The van der Waals surface area contributed by atoms with Crippen molar-refractivity contribution in [2.45, 2.75) is 45.1 Å². The smallest absolute Gasteiger partial charge is 0.226 e. The molecule has 0 bridgehead atoms. The number of benzene rings is 1. The van der Waals surface area contributed by atoms with Gasteiger partial charge >= 0.3 is 0 Å². The van der Waals surface area contributed by atoms with Gasteiger partial charge in [0.1, 0.15) is 5.75 Å². The van der Waals surface area contributed by atoms with Gasteiger partial charge in [-0.05, 0) is 42.9 Å². The molecule has 0 radical (unpaired) electrons. The lowest BCUT2D eigenvalue weighted by Gasteiger charge is -2.26. The molecular weight excluding hydrogens is 262 g/mol. The molecule has 1 atom stereocenters. The first-order chi connectivity index (χ1) is 10.3. The summed E-state index contributed by atoms with van der Waals surface area (Å²) in [6, 6.07) is 8.04.